The third kappa shape index (κ3) is 3.44. The van der Waals surface area contributed by atoms with Gasteiger partial charge in [-0.2, -0.15) is 0 Å². The lowest BCUT2D eigenvalue weighted by atomic mass is 10.1. The maximum Gasteiger partial charge on any atom is 0.124 e. The lowest BCUT2D eigenvalue weighted by Gasteiger charge is -2.28. The van der Waals surface area contributed by atoms with E-state index >= 15 is 0 Å². The minimum absolute atomic E-state index is 0.0338. The van der Waals surface area contributed by atoms with E-state index in [0.717, 1.165) is 22.3 Å². The van der Waals surface area contributed by atoms with Crippen LogP contribution in [0.25, 0.3) is 0 Å². The zero-order valence-corrected chi connectivity index (χ0v) is 13.8. The predicted molar refractivity (Wildman–Crippen MR) is 84.2 cm³/mol. The highest BCUT2D eigenvalue weighted by Gasteiger charge is 2.19. The summed E-state index contributed by atoms with van der Waals surface area (Å²) in [6.07, 6.45) is 0. The van der Waals surface area contributed by atoms with Gasteiger partial charge in [0.05, 0.1) is 11.2 Å². The molecule has 0 amide bonds. The Morgan fingerprint density at radius 2 is 2.25 bits per heavy atom. The minimum atomic E-state index is -0.252. The molecule has 2 aromatic rings. The van der Waals surface area contributed by atoms with Crippen LogP contribution in [0.1, 0.15) is 22.2 Å². The van der Waals surface area contributed by atoms with Gasteiger partial charge in [0.25, 0.3) is 0 Å². The summed E-state index contributed by atoms with van der Waals surface area (Å²) in [6, 6.07) is 4.76. The molecule has 0 saturated carbocycles. The quantitative estimate of drug-likeness (QED) is 0.890. The Hall–Kier alpha value is -0.820. The van der Waals surface area contributed by atoms with E-state index in [1.54, 1.807) is 17.4 Å². The van der Waals surface area contributed by atoms with Gasteiger partial charge in [0.2, 0.25) is 0 Å². The molecule has 1 aromatic heterocycles. The number of halogens is 2. The number of hydrogen-bond acceptors (Lipinski definition) is 4. The van der Waals surface area contributed by atoms with Gasteiger partial charge in [0.15, 0.2) is 0 Å². The number of aromatic nitrogens is 1. The smallest absolute Gasteiger partial charge is 0.124 e. The van der Waals surface area contributed by atoms with Crippen LogP contribution in [0.3, 0.4) is 0 Å². The van der Waals surface area contributed by atoms with E-state index in [-0.39, 0.29) is 11.9 Å². The molecule has 0 aliphatic rings. The zero-order chi connectivity index (χ0) is 14.7. The number of likely N-dealkylation sites (N-methyl/N-ethyl adjacent to an activating group) is 1. The van der Waals surface area contributed by atoms with Gasteiger partial charge in [-0.05, 0) is 31.7 Å². The van der Waals surface area contributed by atoms with E-state index < -0.39 is 0 Å². The third-order valence-corrected chi connectivity index (χ3v) is 4.92. The summed E-state index contributed by atoms with van der Waals surface area (Å²) in [4.78, 5) is 7.65. The minimum Gasteiger partial charge on any atom is -0.329 e. The summed E-state index contributed by atoms with van der Waals surface area (Å²) in [7, 11) is 2.02. The summed E-state index contributed by atoms with van der Waals surface area (Å²) in [5.41, 5.74) is 9.81. The van der Waals surface area contributed by atoms with Crippen LogP contribution in [0.2, 0.25) is 0 Å². The molecule has 3 nitrogen and oxygen atoms in total. The molecule has 2 rings (SSSR count). The number of aryl methyl sites for hydroxylation is 1. The molecule has 1 unspecified atom stereocenters. The monoisotopic (exact) mass is 357 g/mol. The van der Waals surface area contributed by atoms with Crippen molar-refractivity contribution >= 4 is 27.3 Å². The van der Waals surface area contributed by atoms with Gasteiger partial charge >= 0.3 is 0 Å². The summed E-state index contributed by atoms with van der Waals surface area (Å²) in [5, 5.41) is 0. The van der Waals surface area contributed by atoms with Gasteiger partial charge in [-0.15, -0.1) is 11.3 Å². The molecule has 0 radical (unpaired) electrons. The first-order valence-corrected chi connectivity index (χ1v) is 7.94. The van der Waals surface area contributed by atoms with Crippen LogP contribution in [0, 0.1) is 12.7 Å². The van der Waals surface area contributed by atoms with E-state index in [1.807, 2.05) is 19.5 Å². The van der Waals surface area contributed by atoms with Crippen molar-refractivity contribution in [3.05, 3.63) is 50.1 Å². The third-order valence-electron chi connectivity index (χ3n) is 3.31. The molecule has 108 valence electrons. The lowest BCUT2D eigenvalue weighted by Crippen LogP contribution is -2.30. The first-order chi connectivity index (χ1) is 9.52. The van der Waals surface area contributed by atoms with Crippen molar-refractivity contribution in [1.82, 2.24) is 9.88 Å². The molecular weight excluding hydrogens is 341 g/mol. The SMILES string of the molecule is Cc1ncsc1CN(C)C(CN)c1ccc(F)cc1Br. The van der Waals surface area contributed by atoms with Crippen LogP contribution in [0.15, 0.2) is 28.2 Å². The highest BCUT2D eigenvalue weighted by molar-refractivity contribution is 9.10. The number of nitrogens with zero attached hydrogens (tertiary/aromatic N) is 2. The van der Waals surface area contributed by atoms with Gasteiger partial charge in [-0.25, -0.2) is 9.37 Å². The molecule has 0 aliphatic heterocycles. The number of thiazole rings is 1. The van der Waals surface area contributed by atoms with Crippen LogP contribution in [0.5, 0.6) is 0 Å². The Balaban J connectivity index is 2.21. The molecule has 0 aliphatic carbocycles. The van der Waals surface area contributed by atoms with Crippen molar-refractivity contribution in [3.8, 4) is 0 Å². The van der Waals surface area contributed by atoms with E-state index in [4.69, 9.17) is 5.73 Å². The Kier molecular flexibility index (Phi) is 5.26. The standard InChI is InChI=1S/C14H17BrFN3S/c1-9-14(20-8-18-9)7-19(2)13(6-17)11-4-3-10(16)5-12(11)15/h3-5,8,13H,6-7,17H2,1-2H3. The van der Waals surface area contributed by atoms with E-state index in [1.165, 1.54) is 17.0 Å². The average molecular weight is 358 g/mol. The second kappa shape index (κ2) is 6.76. The number of benzene rings is 1. The first kappa shape index (κ1) is 15.6. The number of rotatable bonds is 5. The normalized spacial score (nSPS) is 12.9. The van der Waals surface area contributed by atoms with Crippen LogP contribution in [-0.2, 0) is 6.54 Å². The molecule has 2 N–H and O–H groups in total. The highest BCUT2D eigenvalue weighted by Crippen LogP contribution is 2.29. The summed E-state index contributed by atoms with van der Waals surface area (Å²) in [5.74, 6) is -0.252. The van der Waals surface area contributed by atoms with Crippen molar-refractivity contribution in [3.63, 3.8) is 0 Å². The fraction of sp³-hybridized carbons (Fsp3) is 0.357. The Labute approximate surface area is 130 Å². The first-order valence-electron chi connectivity index (χ1n) is 6.27. The maximum absolute atomic E-state index is 13.2. The van der Waals surface area contributed by atoms with Crippen LogP contribution >= 0.6 is 27.3 Å². The van der Waals surface area contributed by atoms with Crippen molar-refractivity contribution < 1.29 is 4.39 Å². The molecule has 0 fully saturated rings. The second-order valence-electron chi connectivity index (χ2n) is 4.69. The molecule has 0 spiro atoms. The van der Waals surface area contributed by atoms with Gasteiger partial charge in [0.1, 0.15) is 5.82 Å². The van der Waals surface area contributed by atoms with Crippen LogP contribution in [0.4, 0.5) is 4.39 Å². The van der Waals surface area contributed by atoms with E-state index in [9.17, 15) is 4.39 Å². The largest absolute Gasteiger partial charge is 0.329 e. The van der Waals surface area contributed by atoms with Crippen molar-refractivity contribution in [2.45, 2.75) is 19.5 Å². The zero-order valence-electron chi connectivity index (χ0n) is 11.4. The van der Waals surface area contributed by atoms with Crippen molar-refractivity contribution in [1.29, 1.82) is 0 Å². The molecule has 0 bridgehead atoms. The number of nitrogens with two attached hydrogens (primary N) is 1. The Bertz CT molecular complexity index is 588. The number of hydrogen-bond donors (Lipinski definition) is 1. The molecule has 0 saturated heterocycles. The van der Waals surface area contributed by atoms with Gasteiger partial charge < -0.3 is 5.73 Å². The molecule has 1 aromatic carbocycles. The fourth-order valence-corrected chi connectivity index (χ4v) is 3.59. The fourth-order valence-electron chi connectivity index (χ4n) is 2.13. The van der Waals surface area contributed by atoms with Gasteiger partial charge in [-0.3, -0.25) is 4.90 Å². The average Bonchev–Trinajstić information content (AvgIpc) is 2.78. The van der Waals surface area contributed by atoms with Gasteiger partial charge in [-0.1, -0.05) is 22.0 Å². The second-order valence-corrected chi connectivity index (χ2v) is 6.49. The summed E-state index contributed by atoms with van der Waals surface area (Å²) in [6.45, 7) is 3.26. The lowest BCUT2D eigenvalue weighted by molar-refractivity contribution is 0.242. The van der Waals surface area contributed by atoms with Crippen LogP contribution < -0.4 is 5.73 Å². The van der Waals surface area contributed by atoms with Crippen molar-refractivity contribution in [2.75, 3.05) is 13.6 Å². The Morgan fingerprint density at radius 1 is 1.50 bits per heavy atom. The molecule has 1 atom stereocenters. The van der Waals surface area contributed by atoms with Crippen LogP contribution in [-0.4, -0.2) is 23.5 Å². The van der Waals surface area contributed by atoms with E-state index in [2.05, 4.69) is 25.8 Å². The molecular formula is C14H17BrFN3S. The molecule has 1 heterocycles. The molecule has 6 heteroatoms. The molecule has 20 heavy (non-hydrogen) atoms. The van der Waals surface area contributed by atoms with Crippen molar-refractivity contribution in [2.24, 2.45) is 5.73 Å². The predicted octanol–water partition coefficient (Wildman–Crippen LogP) is 3.48. The maximum atomic E-state index is 13.2. The topological polar surface area (TPSA) is 42.2 Å². The highest BCUT2D eigenvalue weighted by atomic mass is 79.9. The summed E-state index contributed by atoms with van der Waals surface area (Å²) < 4.78 is 13.9. The summed E-state index contributed by atoms with van der Waals surface area (Å²) >= 11 is 5.06. The van der Waals surface area contributed by atoms with Gasteiger partial charge in [0, 0.05) is 28.5 Å². The van der Waals surface area contributed by atoms with E-state index in [0.29, 0.717) is 6.54 Å². The Morgan fingerprint density at radius 3 is 2.80 bits per heavy atom.